The van der Waals surface area contributed by atoms with Gasteiger partial charge in [-0.15, -0.1) is 0 Å². The molecule has 0 saturated carbocycles. The Morgan fingerprint density at radius 2 is 1.81 bits per heavy atom. The SMILES string of the molecule is CCOc1ccc(C(=O)Nc2ccc(-c3nc4cc(C)c(C)cc4[nH]3)cc2)cc1[N+](=O)[O-]. The number of carbonyl (C=O) groups excluding carboxylic acids is 1. The number of anilines is 1. The van der Waals surface area contributed by atoms with Crippen molar-refractivity contribution < 1.29 is 14.5 Å². The number of hydrogen-bond acceptors (Lipinski definition) is 5. The van der Waals surface area contributed by atoms with Crippen molar-refractivity contribution in [1.82, 2.24) is 9.97 Å². The van der Waals surface area contributed by atoms with Crippen LogP contribution >= 0.6 is 0 Å². The summed E-state index contributed by atoms with van der Waals surface area (Å²) in [5.74, 6) is 0.429. The number of aryl methyl sites for hydroxylation is 2. The first-order valence-electron chi connectivity index (χ1n) is 10.2. The van der Waals surface area contributed by atoms with Crippen LogP contribution in [-0.2, 0) is 0 Å². The van der Waals surface area contributed by atoms with Crippen molar-refractivity contribution in [2.45, 2.75) is 20.8 Å². The fraction of sp³-hybridized carbons (Fsp3) is 0.167. The molecule has 0 atom stereocenters. The van der Waals surface area contributed by atoms with Crippen LogP contribution in [0.4, 0.5) is 11.4 Å². The van der Waals surface area contributed by atoms with Crippen LogP contribution in [0.1, 0.15) is 28.4 Å². The molecule has 0 aliphatic heterocycles. The first-order chi connectivity index (χ1) is 15.4. The van der Waals surface area contributed by atoms with Gasteiger partial charge in [0.1, 0.15) is 5.82 Å². The summed E-state index contributed by atoms with van der Waals surface area (Å²) >= 11 is 0. The molecular formula is C24H22N4O4. The third-order valence-corrected chi connectivity index (χ3v) is 5.23. The standard InChI is InChI=1S/C24H22N4O4/c1-4-32-22-10-7-17(13-21(22)28(30)31)24(29)25-18-8-5-16(6-9-18)23-26-19-11-14(2)15(3)12-20(19)27-23/h5-13H,4H2,1-3H3,(H,25,29)(H,26,27). The zero-order valence-electron chi connectivity index (χ0n) is 17.9. The molecule has 4 rings (SSSR count). The maximum atomic E-state index is 12.6. The Bertz CT molecular complexity index is 1290. The van der Waals surface area contributed by atoms with E-state index in [2.05, 4.69) is 41.3 Å². The molecule has 0 unspecified atom stereocenters. The zero-order valence-corrected chi connectivity index (χ0v) is 17.9. The number of benzene rings is 3. The highest BCUT2D eigenvalue weighted by Crippen LogP contribution is 2.29. The van der Waals surface area contributed by atoms with Gasteiger partial charge in [0, 0.05) is 22.9 Å². The molecule has 0 aliphatic rings. The van der Waals surface area contributed by atoms with Crippen molar-refractivity contribution in [2.75, 3.05) is 11.9 Å². The molecule has 1 heterocycles. The topological polar surface area (TPSA) is 110 Å². The first-order valence-corrected chi connectivity index (χ1v) is 10.2. The predicted octanol–water partition coefficient (Wildman–Crippen LogP) is 5.41. The van der Waals surface area contributed by atoms with Crippen molar-refractivity contribution in [3.05, 3.63) is 81.4 Å². The number of imidazole rings is 1. The van der Waals surface area contributed by atoms with Crippen LogP contribution < -0.4 is 10.1 Å². The van der Waals surface area contributed by atoms with Crippen molar-refractivity contribution in [2.24, 2.45) is 0 Å². The molecule has 8 heteroatoms. The predicted molar refractivity (Wildman–Crippen MR) is 123 cm³/mol. The van der Waals surface area contributed by atoms with Gasteiger partial charge in [-0.3, -0.25) is 14.9 Å². The van der Waals surface area contributed by atoms with Gasteiger partial charge in [-0.2, -0.15) is 0 Å². The summed E-state index contributed by atoms with van der Waals surface area (Å²) in [6, 6.07) is 15.5. The maximum absolute atomic E-state index is 12.6. The van der Waals surface area contributed by atoms with Crippen LogP contribution in [0.2, 0.25) is 0 Å². The summed E-state index contributed by atoms with van der Waals surface area (Å²) in [5, 5.41) is 14.1. The van der Waals surface area contributed by atoms with E-state index < -0.39 is 10.8 Å². The molecule has 1 aromatic heterocycles. The summed E-state index contributed by atoms with van der Waals surface area (Å²) in [4.78, 5) is 31.3. The van der Waals surface area contributed by atoms with Crippen molar-refractivity contribution in [3.63, 3.8) is 0 Å². The van der Waals surface area contributed by atoms with Gasteiger partial charge in [0.25, 0.3) is 5.91 Å². The summed E-state index contributed by atoms with van der Waals surface area (Å²) in [5.41, 5.74) is 5.63. The largest absolute Gasteiger partial charge is 0.487 e. The van der Waals surface area contributed by atoms with E-state index in [1.807, 2.05) is 12.1 Å². The third-order valence-electron chi connectivity index (χ3n) is 5.23. The molecule has 8 nitrogen and oxygen atoms in total. The van der Waals surface area contributed by atoms with Crippen molar-refractivity contribution in [3.8, 4) is 17.1 Å². The molecule has 0 aliphatic carbocycles. The average molecular weight is 430 g/mol. The molecule has 0 radical (unpaired) electrons. The average Bonchev–Trinajstić information content (AvgIpc) is 3.17. The number of carbonyl (C=O) groups is 1. The second-order valence-electron chi connectivity index (χ2n) is 7.44. The van der Waals surface area contributed by atoms with Gasteiger partial charge in [0.15, 0.2) is 5.75 Å². The van der Waals surface area contributed by atoms with Crippen LogP contribution in [0.25, 0.3) is 22.4 Å². The van der Waals surface area contributed by atoms with E-state index in [1.165, 1.54) is 29.3 Å². The van der Waals surface area contributed by atoms with Crippen molar-refractivity contribution in [1.29, 1.82) is 0 Å². The second-order valence-corrected chi connectivity index (χ2v) is 7.44. The summed E-state index contributed by atoms with van der Waals surface area (Å²) < 4.78 is 5.26. The maximum Gasteiger partial charge on any atom is 0.311 e. The lowest BCUT2D eigenvalue weighted by Crippen LogP contribution is -2.12. The van der Waals surface area contributed by atoms with E-state index in [4.69, 9.17) is 4.74 Å². The lowest BCUT2D eigenvalue weighted by Gasteiger charge is -2.08. The van der Waals surface area contributed by atoms with Crippen molar-refractivity contribution >= 4 is 28.3 Å². The fourth-order valence-electron chi connectivity index (χ4n) is 3.40. The Morgan fingerprint density at radius 1 is 1.09 bits per heavy atom. The Balaban J connectivity index is 1.53. The highest BCUT2D eigenvalue weighted by molar-refractivity contribution is 6.05. The fourth-order valence-corrected chi connectivity index (χ4v) is 3.40. The molecule has 3 aromatic carbocycles. The number of ether oxygens (including phenoxy) is 1. The van der Waals surface area contributed by atoms with Gasteiger partial charge in [-0.25, -0.2) is 4.98 Å². The normalized spacial score (nSPS) is 10.8. The highest BCUT2D eigenvalue weighted by Gasteiger charge is 2.19. The number of nitrogens with zero attached hydrogens (tertiary/aromatic N) is 2. The van der Waals surface area contributed by atoms with E-state index in [0.29, 0.717) is 12.3 Å². The Morgan fingerprint density at radius 3 is 2.50 bits per heavy atom. The van der Waals surface area contributed by atoms with Crippen LogP contribution in [-0.4, -0.2) is 27.4 Å². The number of nitro groups is 1. The van der Waals surface area contributed by atoms with Gasteiger partial charge < -0.3 is 15.0 Å². The lowest BCUT2D eigenvalue weighted by molar-refractivity contribution is -0.385. The van der Waals surface area contributed by atoms with E-state index in [-0.39, 0.29) is 17.0 Å². The van der Waals surface area contributed by atoms with Gasteiger partial charge >= 0.3 is 5.69 Å². The smallest absolute Gasteiger partial charge is 0.311 e. The number of aromatic nitrogens is 2. The summed E-state index contributed by atoms with van der Waals surface area (Å²) in [7, 11) is 0. The number of H-pyrrole nitrogens is 1. The lowest BCUT2D eigenvalue weighted by atomic mass is 10.1. The van der Waals surface area contributed by atoms with E-state index in [0.717, 1.165) is 22.4 Å². The zero-order chi connectivity index (χ0) is 22.8. The second kappa shape index (κ2) is 8.50. The van der Waals surface area contributed by atoms with Gasteiger partial charge in [-0.1, -0.05) is 0 Å². The summed E-state index contributed by atoms with van der Waals surface area (Å²) in [6.45, 7) is 6.15. The first kappa shape index (κ1) is 21.0. The Labute approximate surface area is 184 Å². The highest BCUT2D eigenvalue weighted by atomic mass is 16.6. The minimum atomic E-state index is -0.563. The van der Waals surface area contributed by atoms with Crippen LogP contribution in [0.15, 0.2) is 54.6 Å². The molecule has 32 heavy (non-hydrogen) atoms. The van der Waals surface area contributed by atoms with E-state index >= 15 is 0 Å². The minimum absolute atomic E-state index is 0.134. The number of fused-ring (bicyclic) bond motifs is 1. The number of aromatic amines is 1. The molecule has 1 amide bonds. The Kier molecular flexibility index (Phi) is 5.59. The number of amides is 1. The third kappa shape index (κ3) is 4.15. The Hall–Kier alpha value is -4.20. The number of nitrogens with one attached hydrogen (secondary N) is 2. The minimum Gasteiger partial charge on any atom is -0.487 e. The van der Waals surface area contributed by atoms with E-state index in [1.54, 1.807) is 19.1 Å². The number of nitro benzene ring substituents is 1. The van der Waals surface area contributed by atoms with Gasteiger partial charge in [0.2, 0.25) is 0 Å². The quantitative estimate of drug-likeness (QED) is 0.314. The van der Waals surface area contributed by atoms with Crippen LogP contribution in [0, 0.1) is 24.0 Å². The van der Waals surface area contributed by atoms with Crippen LogP contribution in [0.5, 0.6) is 5.75 Å². The number of hydrogen-bond donors (Lipinski definition) is 2. The molecule has 0 fully saturated rings. The monoisotopic (exact) mass is 430 g/mol. The number of rotatable bonds is 6. The molecule has 162 valence electrons. The molecule has 4 aromatic rings. The van der Waals surface area contributed by atoms with Gasteiger partial charge in [0.05, 0.1) is 22.6 Å². The van der Waals surface area contributed by atoms with Gasteiger partial charge in [-0.05, 0) is 80.4 Å². The van der Waals surface area contributed by atoms with E-state index in [9.17, 15) is 14.9 Å². The molecular weight excluding hydrogens is 408 g/mol. The molecule has 0 saturated heterocycles. The summed E-state index contributed by atoms with van der Waals surface area (Å²) in [6.07, 6.45) is 0. The van der Waals surface area contributed by atoms with Crippen LogP contribution in [0.3, 0.4) is 0 Å². The molecule has 0 bridgehead atoms. The molecule has 2 N–H and O–H groups in total. The molecule has 0 spiro atoms.